The Morgan fingerprint density at radius 1 is 1.23 bits per heavy atom. The molecular formula is C26H21ClFN3O4. The van der Waals surface area contributed by atoms with Crippen molar-refractivity contribution in [3.63, 3.8) is 0 Å². The van der Waals surface area contributed by atoms with E-state index in [1.54, 1.807) is 19.9 Å². The molecule has 1 aliphatic heterocycles. The monoisotopic (exact) mass is 493 g/mol. The molecule has 0 bridgehead atoms. The van der Waals surface area contributed by atoms with Gasteiger partial charge in [0, 0.05) is 23.8 Å². The average Bonchev–Trinajstić information content (AvgIpc) is 3.28. The number of aromatic nitrogens is 2. The summed E-state index contributed by atoms with van der Waals surface area (Å²) >= 11 is 6.29. The first-order chi connectivity index (χ1) is 16.9. The van der Waals surface area contributed by atoms with Gasteiger partial charge in [-0.1, -0.05) is 41.0 Å². The molecule has 9 heteroatoms. The third-order valence-electron chi connectivity index (χ3n) is 6.08. The highest BCUT2D eigenvalue weighted by molar-refractivity contribution is 6.33. The molecule has 3 heterocycles. The topological polar surface area (TPSA) is 86.7 Å². The van der Waals surface area contributed by atoms with Crippen LogP contribution in [0.4, 0.5) is 4.39 Å². The van der Waals surface area contributed by atoms with Gasteiger partial charge >= 0.3 is 5.97 Å². The number of carbonyl (C=O) groups is 2. The lowest BCUT2D eigenvalue weighted by Crippen LogP contribution is -2.25. The smallest absolute Gasteiger partial charge is 0.320 e. The Hall–Kier alpha value is -3.78. The molecule has 178 valence electrons. The summed E-state index contributed by atoms with van der Waals surface area (Å²) < 4.78 is 26.9. The first-order valence-corrected chi connectivity index (χ1v) is 11.6. The maximum absolute atomic E-state index is 14.8. The van der Waals surface area contributed by atoms with Crippen LogP contribution in [0.1, 0.15) is 40.2 Å². The van der Waals surface area contributed by atoms with E-state index >= 15 is 0 Å². The predicted octanol–water partition coefficient (Wildman–Crippen LogP) is 5.36. The molecular weight excluding hydrogens is 473 g/mol. The Morgan fingerprint density at radius 3 is 2.80 bits per heavy atom. The van der Waals surface area contributed by atoms with Crippen molar-refractivity contribution in [2.45, 2.75) is 26.2 Å². The summed E-state index contributed by atoms with van der Waals surface area (Å²) in [5.74, 6) is -2.33. The summed E-state index contributed by atoms with van der Waals surface area (Å²) in [5.41, 5.74) is 1.95. The number of aryl methyl sites for hydroxylation is 1. The number of hydrogen-bond donors (Lipinski definition) is 0. The molecule has 35 heavy (non-hydrogen) atoms. The zero-order valence-electron chi connectivity index (χ0n) is 19.0. The summed E-state index contributed by atoms with van der Waals surface area (Å²) in [6.45, 7) is 3.95. The standard InChI is InChI=1S/C26H21ClFN3O4/c1-3-34-26(33)17-13-29-12-11-16-15-7-4-5-10-20(15)31(24(16)17)25(32)21-14(2)35-30-23(21)22-18(27)8-6-9-19(22)28/h4-10,13,17H,3,11-12H2,1-2H3. The maximum atomic E-state index is 14.8. The SMILES string of the molecule is CCOC(=O)C1C=NCCc2c1n(C(=O)c1c(-c3c(F)cccc3Cl)noc1C)c1ccccc21. The molecule has 2 aromatic carbocycles. The average molecular weight is 494 g/mol. The molecule has 1 aliphatic rings. The molecule has 0 saturated heterocycles. The van der Waals surface area contributed by atoms with Crippen molar-refractivity contribution >= 4 is 40.6 Å². The Labute approximate surface area is 205 Å². The van der Waals surface area contributed by atoms with Crippen LogP contribution in [0.3, 0.4) is 0 Å². The number of carbonyl (C=O) groups excluding carboxylic acids is 2. The number of rotatable bonds is 4. The molecule has 0 aliphatic carbocycles. The van der Waals surface area contributed by atoms with E-state index in [2.05, 4.69) is 10.1 Å². The molecule has 1 unspecified atom stereocenters. The second-order valence-corrected chi connectivity index (χ2v) is 8.52. The van der Waals surface area contributed by atoms with Crippen molar-refractivity contribution in [2.24, 2.45) is 4.99 Å². The van der Waals surface area contributed by atoms with E-state index in [9.17, 15) is 14.0 Å². The van der Waals surface area contributed by atoms with Gasteiger partial charge in [0.05, 0.1) is 22.7 Å². The van der Waals surface area contributed by atoms with Crippen LogP contribution in [-0.4, -0.2) is 41.0 Å². The van der Waals surface area contributed by atoms with Crippen molar-refractivity contribution in [3.8, 4) is 11.3 Å². The lowest BCUT2D eigenvalue weighted by atomic mass is 9.99. The first-order valence-electron chi connectivity index (χ1n) is 11.2. The minimum absolute atomic E-state index is 0.00268. The van der Waals surface area contributed by atoms with Crippen molar-refractivity contribution in [1.82, 2.24) is 9.72 Å². The van der Waals surface area contributed by atoms with Crippen LogP contribution < -0.4 is 0 Å². The van der Waals surface area contributed by atoms with E-state index in [0.29, 0.717) is 24.2 Å². The van der Waals surface area contributed by atoms with E-state index in [-0.39, 0.29) is 34.2 Å². The minimum Gasteiger partial charge on any atom is -0.465 e. The summed E-state index contributed by atoms with van der Waals surface area (Å²) in [7, 11) is 0. The highest BCUT2D eigenvalue weighted by atomic mass is 35.5. The number of benzene rings is 2. The molecule has 4 aromatic rings. The molecule has 7 nitrogen and oxygen atoms in total. The maximum Gasteiger partial charge on any atom is 0.320 e. The van der Waals surface area contributed by atoms with Gasteiger partial charge in [-0.3, -0.25) is 19.1 Å². The molecule has 0 radical (unpaired) electrons. The van der Waals surface area contributed by atoms with Crippen LogP contribution in [0.15, 0.2) is 52.0 Å². The van der Waals surface area contributed by atoms with Crippen LogP contribution in [0, 0.1) is 12.7 Å². The summed E-state index contributed by atoms with van der Waals surface area (Å²) in [6.07, 6.45) is 2.07. The van der Waals surface area contributed by atoms with E-state index in [0.717, 1.165) is 10.9 Å². The number of fused-ring (bicyclic) bond motifs is 3. The summed E-state index contributed by atoms with van der Waals surface area (Å²) in [6, 6.07) is 11.6. The molecule has 0 N–H and O–H groups in total. The quantitative estimate of drug-likeness (QED) is 0.357. The number of nitrogens with zero attached hydrogens (tertiary/aromatic N) is 3. The Bertz CT molecular complexity index is 1480. The fourth-order valence-electron chi connectivity index (χ4n) is 4.60. The van der Waals surface area contributed by atoms with Crippen molar-refractivity contribution in [2.75, 3.05) is 13.2 Å². The number of aliphatic imine (C=N–C) groups is 1. The van der Waals surface area contributed by atoms with Crippen LogP contribution in [-0.2, 0) is 16.0 Å². The van der Waals surface area contributed by atoms with Gasteiger partial charge < -0.3 is 9.26 Å². The second-order valence-electron chi connectivity index (χ2n) is 8.12. The third kappa shape index (κ3) is 3.74. The zero-order chi connectivity index (χ0) is 24.7. The van der Waals surface area contributed by atoms with Crippen molar-refractivity contribution in [1.29, 1.82) is 0 Å². The molecule has 0 fully saturated rings. The second kappa shape index (κ2) is 9.11. The number of halogens is 2. The summed E-state index contributed by atoms with van der Waals surface area (Å²) in [5, 5.41) is 4.91. The fraction of sp³-hybridized carbons (Fsp3) is 0.231. The molecule has 2 aromatic heterocycles. The van der Waals surface area contributed by atoms with Gasteiger partial charge in [-0.15, -0.1) is 0 Å². The first kappa shape index (κ1) is 23.0. The van der Waals surface area contributed by atoms with Gasteiger partial charge in [-0.2, -0.15) is 0 Å². The lowest BCUT2D eigenvalue weighted by Gasteiger charge is -2.16. The molecule has 0 saturated carbocycles. The van der Waals surface area contributed by atoms with E-state index in [4.69, 9.17) is 20.9 Å². The van der Waals surface area contributed by atoms with Gasteiger partial charge in [0.15, 0.2) is 0 Å². The van der Waals surface area contributed by atoms with E-state index < -0.39 is 23.6 Å². The van der Waals surface area contributed by atoms with Gasteiger partial charge in [0.1, 0.15) is 28.8 Å². The predicted molar refractivity (Wildman–Crippen MR) is 130 cm³/mol. The third-order valence-corrected chi connectivity index (χ3v) is 6.39. The van der Waals surface area contributed by atoms with Crippen LogP contribution in [0.5, 0.6) is 0 Å². The molecule has 0 spiro atoms. The Balaban J connectivity index is 1.79. The van der Waals surface area contributed by atoms with Crippen LogP contribution in [0.2, 0.25) is 5.02 Å². The Kier molecular flexibility index (Phi) is 5.98. The number of para-hydroxylation sites is 1. The largest absolute Gasteiger partial charge is 0.465 e. The number of esters is 1. The zero-order valence-corrected chi connectivity index (χ0v) is 19.8. The van der Waals surface area contributed by atoms with Gasteiger partial charge in [-0.05, 0) is 44.0 Å². The molecule has 1 atom stereocenters. The van der Waals surface area contributed by atoms with Crippen molar-refractivity contribution < 1.29 is 23.2 Å². The van der Waals surface area contributed by atoms with Crippen molar-refractivity contribution in [3.05, 3.63) is 75.9 Å². The highest BCUT2D eigenvalue weighted by Gasteiger charge is 2.35. The van der Waals surface area contributed by atoms with Crippen LogP contribution in [0.25, 0.3) is 22.2 Å². The van der Waals surface area contributed by atoms with Gasteiger partial charge in [-0.25, -0.2) is 4.39 Å². The number of hydrogen-bond acceptors (Lipinski definition) is 6. The lowest BCUT2D eigenvalue weighted by molar-refractivity contribution is -0.143. The van der Waals surface area contributed by atoms with Gasteiger partial charge in [0.2, 0.25) is 0 Å². The van der Waals surface area contributed by atoms with E-state index in [1.165, 1.54) is 29.0 Å². The minimum atomic E-state index is -0.885. The Morgan fingerprint density at radius 2 is 2.03 bits per heavy atom. The number of ether oxygens (including phenoxy) is 1. The molecule has 0 amide bonds. The highest BCUT2D eigenvalue weighted by Crippen LogP contribution is 2.38. The van der Waals surface area contributed by atoms with E-state index in [1.807, 2.05) is 18.2 Å². The fourth-order valence-corrected chi connectivity index (χ4v) is 4.85. The normalized spacial score (nSPS) is 15.1. The summed E-state index contributed by atoms with van der Waals surface area (Å²) in [4.78, 5) is 31.6. The van der Waals surface area contributed by atoms with Gasteiger partial charge in [0.25, 0.3) is 5.91 Å². The molecule has 5 rings (SSSR count). The van der Waals surface area contributed by atoms with Crippen LogP contribution >= 0.6 is 11.6 Å².